The summed E-state index contributed by atoms with van der Waals surface area (Å²) in [4.78, 5) is 12.6. The highest BCUT2D eigenvalue weighted by atomic mass is 32.2. The van der Waals surface area contributed by atoms with Gasteiger partial charge in [-0.15, -0.1) is 0 Å². The number of hydrogen-bond donors (Lipinski definition) is 1. The Hall–Kier alpha value is -2.32. The molecule has 1 atom stereocenters. The molecule has 1 aliphatic heterocycles. The van der Waals surface area contributed by atoms with Crippen molar-refractivity contribution in [3.8, 4) is 0 Å². The maximum atomic E-state index is 13.5. The summed E-state index contributed by atoms with van der Waals surface area (Å²) in [6, 6.07) is 10.7. The zero-order valence-corrected chi connectivity index (χ0v) is 18.2. The molecule has 1 saturated heterocycles. The third kappa shape index (κ3) is 4.80. The van der Waals surface area contributed by atoms with Gasteiger partial charge in [0.1, 0.15) is 0 Å². The van der Waals surface area contributed by atoms with E-state index in [9.17, 15) is 22.0 Å². The van der Waals surface area contributed by atoms with Crippen molar-refractivity contribution in [2.45, 2.75) is 43.5 Å². The normalized spacial score (nSPS) is 19.2. The Morgan fingerprint density at radius 3 is 2.23 bits per heavy atom. The summed E-state index contributed by atoms with van der Waals surface area (Å²) in [5, 5.41) is 3.19. The lowest BCUT2D eigenvalue weighted by atomic mass is 9.95. The fraction of sp³-hybridized carbons (Fsp3) is 0.435. The average molecular weight is 449 g/mol. The first-order valence-corrected chi connectivity index (χ1v) is 12.0. The van der Waals surface area contributed by atoms with Crippen LogP contribution in [0.1, 0.15) is 42.9 Å². The quantitative estimate of drug-likeness (QED) is 0.728. The van der Waals surface area contributed by atoms with Crippen LogP contribution in [-0.4, -0.2) is 31.7 Å². The first-order chi connectivity index (χ1) is 14.8. The Morgan fingerprint density at radius 1 is 1.00 bits per heavy atom. The fourth-order valence-corrected chi connectivity index (χ4v) is 5.57. The Morgan fingerprint density at radius 2 is 1.65 bits per heavy atom. The molecule has 2 aromatic carbocycles. The third-order valence-electron chi connectivity index (χ3n) is 6.18. The van der Waals surface area contributed by atoms with E-state index in [2.05, 4.69) is 17.4 Å². The topological polar surface area (TPSA) is 66.5 Å². The van der Waals surface area contributed by atoms with Gasteiger partial charge in [-0.3, -0.25) is 4.79 Å². The maximum absolute atomic E-state index is 13.5. The average Bonchev–Trinajstić information content (AvgIpc) is 3.60. The molecule has 0 radical (unpaired) electrons. The lowest BCUT2D eigenvalue weighted by Gasteiger charge is -2.31. The molecule has 1 unspecified atom stereocenters. The van der Waals surface area contributed by atoms with Gasteiger partial charge in [0.05, 0.1) is 10.9 Å². The Kier molecular flexibility index (Phi) is 6.12. The van der Waals surface area contributed by atoms with Crippen LogP contribution in [0, 0.1) is 30.4 Å². The minimum absolute atomic E-state index is 0.0166. The van der Waals surface area contributed by atoms with Crippen LogP contribution in [0.15, 0.2) is 47.4 Å². The molecule has 5 nitrogen and oxygen atoms in total. The van der Waals surface area contributed by atoms with Crippen molar-refractivity contribution in [2.24, 2.45) is 11.8 Å². The van der Waals surface area contributed by atoms with E-state index in [1.165, 1.54) is 9.87 Å². The predicted octanol–water partition coefficient (Wildman–Crippen LogP) is 3.94. The van der Waals surface area contributed by atoms with Crippen LogP contribution in [0.25, 0.3) is 0 Å². The standard InChI is InChI=1S/C23H26F2N2O3S/c1-15-2-4-16(5-3-15)22(17-6-7-17)26-23(28)18-10-12-27(13-11-18)31(29,30)19-8-9-20(24)21(25)14-19/h2-5,8-9,14,17-18,22H,6-7,10-13H2,1H3,(H,26,28). The number of nitrogens with zero attached hydrogens (tertiary/aromatic N) is 1. The van der Waals surface area contributed by atoms with E-state index in [0.29, 0.717) is 24.8 Å². The lowest BCUT2D eigenvalue weighted by Crippen LogP contribution is -2.44. The van der Waals surface area contributed by atoms with E-state index in [1.807, 2.05) is 19.1 Å². The first kappa shape index (κ1) is 21.9. The van der Waals surface area contributed by atoms with E-state index in [1.54, 1.807) is 0 Å². The summed E-state index contributed by atoms with van der Waals surface area (Å²) >= 11 is 0. The molecule has 8 heteroatoms. The number of rotatable bonds is 6. The fourth-order valence-electron chi connectivity index (χ4n) is 4.09. The number of nitrogens with one attached hydrogen (secondary N) is 1. The minimum atomic E-state index is -3.93. The van der Waals surface area contributed by atoms with Crippen LogP contribution >= 0.6 is 0 Å². The van der Waals surface area contributed by atoms with Gasteiger partial charge in [-0.2, -0.15) is 4.31 Å². The van der Waals surface area contributed by atoms with Crippen LogP contribution in [0.5, 0.6) is 0 Å². The second kappa shape index (κ2) is 8.67. The van der Waals surface area contributed by atoms with Gasteiger partial charge in [0.15, 0.2) is 11.6 Å². The van der Waals surface area contributed by atoms with E-state index in [0.717, 1.165) is 30.5 Å². The number of hydrogen-bond acceptors (Lipinski definition) is 3. The van der Waals surface area contributed by atoms with Gasteiger partial charge in [0.25, 0.3) is 0 Å². The molecule has 2 aromatic rings. The Labute approximate surface area is 181 Å². The third-order valence-corrected chi connectivity index (χ3v) is 8.08. The molecule has 4 rings (SSSR count). The zero-order chi connectivity index (χ0) is 22.2. The SMILES string of the molecule is Cc1ccc(C(NC(=O)C2CCN(S(=O)(=O)c3ccc(F)c(F)c3)CC2)C2CC2)cc1. The summed E-state index contributed by atoms with van der Waals surface area (Å²) in [6.45, 7) is 2.35. The van der Waals surface area contributed by atoms with Crippen molar-refractivity contribution in [3.05, 3.63) is 65.2 Å². The molecule has 0 bridgehead atoms. The van der Waals surface area contributed by atoms with Gasteiger partial charge < -0.3 is 5.32 Å². The maximum Gasteiger partial charge on any atom is 0.243 e. The number of aryl methyl sites for hydroxylation is 1. The molecular weight excluding hydrogens is 422 g/mol. The van der Waals surface area contributed by atoms with E-state index in [4.69, 9.17) is 0 Å². The van der Waals surface area contributed by atoms with E-state index in [-0.39, 0.29) is 35.9 Å². The van der Waals surface area contributed by atoms with Gasteiger partial charge in [-0.25, -0.2) is 17.2 Å². The minimum Gasteiger partial charge on any atom is -0.349 e. The van der Waals surface area contributed by atoms with E-state index < -0.39 is 21.7 Å². The number of benzene rings is 2. The summed E-state index contributed by atoms with van der Waals surface area (Å²) in [5.41, 5.74) is 2.26. The van der Waals surface area contributed by atoms with E-state index >= 15 is 0 Å². The van der Waals surface area contributed by atoms with Crippen LogP contribution in [-0.2, 0) is 14.8 Å². The highest BCUT2D eigenvalue weighted by molar-refractivity contribution is 7.89. The lowest BCUT2D eigenvalue weighted by molar-refractivity contribution is -0.127. The first-order valence-electron chi connectivity index (χ1n) is 10.6. The zero-order valence-electron chi connectivity index (χ0n) is 17.4. The van der Waals surface area contributed by atoms with Crippen LogP contribution in [0.2, 0.25) is 0 Å². The molecule has 2 aliphatic rings. The van der Waals surface area contributed by atoms with Crippen molar-refractivity contribution in [2.75, 3.05) is 13.1 Å². The molecule has 0 spiro atoms. The molecule has 0 aromatic heterocycles. The number of carbonyl (C=O) groups is 1. The smallest absolute Gasteiger partial charge is 0.243 e. The Bertz CT molecular complexity index is 1060. The molecule has 1 amide bonds. The second-order valence-corrected chi connectivity index (χ2v) is 10.4. The molecule has 1 saturated carbocycles. The number of amides is 1. The monoisotopic (exact) mass is 448 g/mol. The number of sulfonamides is 1. The van der Waals surface area contributed by atoms with Crippen LogP contribution in [0.4, 0.5) is 8.78 Å². The predicted molar refractivity (Wildman–Crippen MR) is 113 cm³/mol. The highest BCUT2D eigenvalue weighted by Gasteiger charge is 2.37. The van der Waals surface area contributed by atoms with Gasteiger partial charge in [0.2, 0.25) is 15.9 Å². The number of piperidine rings is 1. The van der Waals surface area contributed by atoms with Crippen LogP contribution < -0.4 is 5.32 Å². The second-order valence-electron chi connectivity index (χ2n) is 8.49. The molecular formula is C23H26F2N2O3S. The van der Waals surface area contributed by atoms with Crippen molar-refractivity contribution in [3.63, 3.8) is 0 Å². The largest absolute Gasteiger partial charge is 0.349 e. The number of carbonyl (C=O) groups excluding carboxylic acids is 1. The molecule has 1 N–H and O–H groups in total. The van der Waals surface area contributed by atoms with Gasteiger partial charge in [0, 0.05) is 19.0 Å². The highest BCUT2D eigenvalue weighted by Crippen LogP contribution is 2.41. The van der Waals surface area contributed by atoms with Crippen molar-refractivity contribution >= 4 is 15.9 Å². The molecule has 31 heavy (non-hydrogen) atoms. The summed E-state index contributed by atoms with van der Waals surface area (Å²) in [5.74, 6) is -2.17. The van der Waals surface area contributed by atoms with Crippen molar-refractivity contribution < 1.29 is 22.0 Å². The van der Waals surface area contributed by atoms with Crippen LogP contribution in [0.3, 0.4) is 0 Å². The van der Waals surface area contributed by atoms with Gasteiger partial charge in [-0.1, -0.05) is 29.8 Å². The summed E-state index contributed by atoms with van der Waals surface area (Å²) in [7, 11) is -3.93. The molecule has 2 fully saturated rings. The van der Waals surface area contributed by atoms with Gasteiger partial charge >= 0.3 is 0 Å². The number of halogens is 2. The van der Waals surface area contributed by atoms with Gasteiger partial charge in [-0.05, 0) is 62.3 Å². The molecule has 166 valence electrons. The summed E-state index contributed by atoms with van der Waals surface area (Å²) < 4.78 is 53.4. The van der Waals surface area contributed by atoms with Crippen molar-refractivity contribution in [1.29, 1.82) is 0 Å². The summed E-state index contributed by atoms with van der Waals surface area (Å²) in [6.07, 6.45) is 2.95. The van der Waals surface area contributed by atoms with Crippen molar-refractivity contribution in [1.82, 2.24) is 9.62 Å². The Balaban J connectivity index is 1.39. The molecule has 1 aliphatic carbocycles. The molecule has 1 heterocycles.